The Morgan fingerprint density at radius 1 is 1.48 bits per heavy atom. The van der Waals surface area contributed by atoms with Crippen LogP contribution >= 0.6 is 0 Å². The molecule has 2 aromatic rings. The van der Waals surface area contributed by atoms with Crippen molar-refractivity contribution in [2.24, 2.45) is 5.92 Å². The topological polar surface area (TPSA) is 66.6 Å². The second-order valence-corrected chi connectivity index (χ2v) is 6.25. The van der Waals surface area contributed by atoms with E-state index in [-0.39, 0.29) is 18.9 Å². The maximum Gasteiger partial charge on any atom is 0.226 e. The van der Waals surface area contributed by atoms with Gasteiger partial charge in [0.2, 0.25) is 5.91 Å². The van der Waals surface area contributed by atoms with Gasteiger partial charge in [-0.05, 0) is 31.4 Å². The fraction of sp³-hybridized carbons (Fsp3) is 0.500. The molecule has 21 heavy (non-hydrogen) atoms. The van der Waals surface area contributed by atoms with Gasteiger partial charge in [0.1, 0.15) is 5.65 Å². The molecular formula is C16H23N3O2. The van der Waals surface area contributed by atoms with Crippen molar-refractivity contribution >= 4 is 11.6 Å². The molecule has 0 aromatic carbocycles. The third-order valence-corrected chi connectivity index (χ3v) is 3.27. The Hall–Kier alpha value is -1.88. The first kappa shape index (κ1) is 15.5. The van der Waals surface area contributed by atoms with Crippen molar-refractivity contribution in [1.29, 1.82) is 0 Å². The van der Waals surface area contributed by atoms with Crippen LogP contribution in [0.2, 0.25) is 0 Å². The highest BCUT2D eigenvalue weighted by atomic mass is 16.3. The normalized spacial score (nSPS) is 14.3. The molecule has 2 N–H and O–H groups in total. The molecule has 2 rings (SSSR count). The molecule has 0 bridgehead atoms. The fourth-order valence-electron chi connectivity index (χ4n) is 2.54. The summed E-state index contributed by atoms with van der Waals surface area (Å²) in [6.45, 7) is 6.11. The molecule has 0 saturated carbocycles. The number of hydrogen-bond acceptors (Lipinski definition) is 3. The third-order valence-electron chi connectivity index (χ3n) is 3.27. The van der Waals surface area contributed by atoms with Gasteiger partial charge in [-0.1, -0.05) is 19.9 Å². The van der Waals surface area contributed by atoms with E-state index in [1.54, 1.807) is 6.92 Å². The number of nitrogens with one attached hydrogen (secondary N) is 1. The van der Waals surface area contributed by atoms with Crippen LogP contribution in [0, 0.1) is 5.92 Å². The van der Waals surface area contributed by atoms with Crippen molar-refractivity contribution in [3.63, 3.8) is 0 Å². The molecule has 0 radical (unpaired) electrons. The second-order valence-electron chi connectivity index (χ2n) is 6.25. The van der Waals surface area contributed by atoms with Crippen molar-refractivity contribution in [2.45, 2.75) is 39.2 Å². The molecule has 0 saturated heterocycles. The maximum atomic E-state index is 12.0. The predicted octanol–water partition coefficient (Wildman–Crippen LogP) is 1.79. The first-order chi connectivity index (χ1) is 9.85. The summed E-state index contributed by atoms with van der Waals surface area (Å²) < 4.78 is 1.89. The molecule has 1 unspecified atom stereocenters. The van der Waals surface area contributed by atoms with E-state index in [4.69, 9.17) is 0 Å². The average Bonchev–Trinajstić information content (AvgIpc) is 2.77. The molecule has 1 atom stereocenters. The van der Waals surface area contributed by atoms with Gasteiger partial charge < -0.3 is 14.8 Å². The van der Waals surface area contributed by atoms with Crippen molar-refractivity contribution in [2.75, 3.05) is 6.54 Å². The van der Waals surface area contributed by atoms with Gasteiger partial charge in [-0.2, -0.15) is 0 Å². The van der Waals surface area contributed by atoms with E-state index in [2.05, 4.69) is 10.3 Å². The smallest absolute Gasteiger partial charge is 0.226 e. The van der Waals surface area contributed by atoms with E-state index in [0.717, 1.165) is 11.3 Å². The van der Waals surface area contributed by atoms with Gasteiger partial charge in [-0.15, -0.1) is 0 Å². The minimum absolute atomic E-state index is 0.123. The highest BCUT2D eigenvalue weighted by Crippen LogP contribution is 2.15. The van der Waals surface area contributed by atoms with Crippen molar-refractivity contribution in [3.8, 4) is 0 Å². The monoisotopic (exact) mass is 289 g/mol. The summed E-state index contributed by atoms with van der Waals surface area (Å²) in [6.07, 6.45) is 4.62. The van der Waals surface area contributed by atoms with E-state index < -0.39 is 5.60 Å². The minimum Gasteiger partial charge on any atom is -0.388 e. The van der Waals surface area contributed by atoms with Gasteiger partial charge in [0.15, 0.2) is 0 Å². The third kappa shape index (κ3) is 4.56. The zero-order valence-corrected chi connectivity index (χ0v) is 12.8. The Bertz CT molecular complexity index is 584. The SMILES string of the molecule is CC(C)CC(C)(O)CNC(=O)Cc1cn2ccccc2n1. The quantitative estimate of drug-likeness (QED) is 0.852. The molecule has 2 heterocycles. The molecule has 5 heteroatoms. The number of rotatable bonds is 6. The van der Waals surface area contributed by atoms with Gasteiger partial charge in [0, 0.05) is 18.9 Å². The largest absolute Gasteiger partial charge is 0.388 e. The van der Waals surface area contributed by atoms with Crippen LogP contribution in [-0.4, -0.2) is 32.5 Å². The molecule has 2 aromatic heterocycles. The summed E-state index contributed by atoms with van der Waals surface area (Å²) in [6, 6.07) is 5.73. The standard InChI is InChI=1S/C16H23N3O2/c1-12(2)9-16(3,21)11-17-15(20)8-13-10-19-7-5-4-6-14(19)18-13/h4-7,10,12,21H,8-9,11H2,1-3H3,(H,17,20). The lowest BCUT2D eigenvalue weighted by molar-refractivity contribution is -0.121. The number of carbonyl (C=O) groups excluding carboxylic acids is 1. The first-order valence-corrected chi connectivity index (χ1v) is 7.27. The Balaban J connectivity index is 1.89. The van der Waals surface area contributed by atoms with Gasteiger partial charge in [0.05, 0.1) is 17.7 Å². The van der Waals surface area contributed by atoms with Gasteiger partial charge in [0.25, 0.3) is 0 Å². The van der Waals surface area contributed by atoms with Crippen LogP contribution in [0.1, 0.15) is 32.9 Å². The van der Waals surface area contributed by atoms with Crippen LogP contribution in [0.5, 0.6) is 0 Å². The summed E-state index contributed by atoms with van der Waals surface area (Å²) in [7, 11) is 0. The van der Waals surface area contributed by atoms with E-state index in [1.165, 1.54) is 0 Å². The van der Waals surface area contributed by atoms with Crippen molar-refractivity contribution in [1.82, 2.24) is 14.7 Å². The number of aromatic nitrogens is 2. The lowest BCUT2D eigenvalue weighted by Crippen LogP contribution is -2.42. The molecule has 0 aliphatic rings. The number of aliphatic hydroxyl groups is 1. The fourth-order valence-corrected chi connectivity index (χ4v) is 2.54. The number of amides is 1. The summed E-state index contributed by atoms with van der Waals surface area (Å²) in [5.41, 5.74) is 0.678. The van der Waals surface area contributed by atoms with Crippen LogP contribution in [0.15, 0.2) is 30.6 Å². The zero-order chi connectivity index (χ0) is 15.5. The molecular weight excluding hydrogens is 266 g/mol. The number of hydrogen-bond donors (Lipinski definition) is 2. The van der Waals surface area contributed by atoms with Crippen LogP contribution in [0.3, 0.4) is 0 Å². The summed E-state index contributed by atoms with van der Waals surface area (Å²) in [4.78, 5) is 16.3. The molecule has 0 spiro atoms. The predicted molar refractivity (Wildman–Crippen MR) is 82.0 cm³/mol. The van der Waals surface area contributed by atoms with Crippen molar-refractivity contribution in [3.05, 3.63) is 36.3 Å². The van der Waals surface area contributed by atoms with Gasteiger partial charge >= 0.3 is 0 Å². The molecule has 0 aliphatic heterocycles. The number of carbonyl (C=O) groups is 1. The Labute approximate surface area is 125 Å². The highest BCUT2D eigenvalue weighted by molar-refractivity contribution is 5.78. The number of pyridine rings is 1. The Morgan fingerprint density at radius 3 is 2.90 bits per heavy atom. The van der Waals surface area contributed by atoms with Crippen molar-refractivity contribution < 1.29 is 9.90 Å². The minimum atomic E-state index is -0.872. The number of nitrogens with zero attached hydrogens (tertiary/aromatic N) is 2. The Morgan fingerprint density at radius 2 is 2.24 bits per heavy atom. The maximum absolute atomic E-state index is 12.0. The van der Waals surface area contributed by atoms with E-state index in [9.17, 15) is 9.90 Å². The lowest BCUT2D eigenvalue weighted by atomic mass is 9.94. The summed E-state index contributed by atoms with van der Waals surface area (Å²) >= 11 is 0. The van der Waals surface area contributed by atoms with Crippen LogP contribution in [0.4, 0.5) is 0 Å². The summed E-state index contributed by atoms with van der Waals surface area (Å²) in [5, 5.41) is 13.0. The summed E-state index contributed by atoms with van der Waals surface area (Å²) in [5.74, 6) is 0.262. The van der Waals surface area contributed by atoms with Gasteiger partial charge in [-0.3, -0.25) is 4.79 Å². The average molecular weight is 289 g/mol. The highest BCUT2D eigenvalue weighted by Gasteiger charge is 2.22. The molecule has 5 nitrogen and oxygen atoms in total. The van der Waals surface area contributed by atoms with E-state index in [0.29, 0.717) is 12.3 Å². The molecule has 114 valence electrons. The van der Waals surface area contributed by atoms with E-state index in [1.807, 2.05) is 48.8 Å². The molecule has 1 amide bonds. The van der Waals surface area contributed by atoms with Crippen LogP contribution < -0.4 is 5.32 Å². The molecule has 0 aliphatic carbocycles. The molecule has 0 fully saturated rings. The number of imidazole rings is 1. The lowest BCUT2D eigenvalue weighted by Gasteiger charge is -2.25. The number of fused-ring (bicyclic) bond motifs is 1. The Kier molecular flexibility index (Phi) is 4.63. The first-order valence-electron chi connectivity index (χ1n) is 7.27. The van der Waals surface area contributed by atoms with E-state index >= 15 is 0 Å². The van der Waals surface area contributed by atoms with Gasteiger partial charge in [-0.25, -0.2) is 4.98 Å². The van der Waals surface area contributed by atoms with Crippen LogP contribution in [-0.2, 0) is 11.2 Å². The van der Waals surface area contributed by atoms with Crippen LogP contribution in [0.25, 0.3) is 5.65 Å². The zero-order valence-electron chi connectivity index (χ0n) is 12.8. The second kappa shape index (κ2) is 6.26.